The van der Waals surface area contributed by atoms with Gasteiger partial charge in [0.2, 0.25) is 0 Å². The maximum absolute atomic E-state index is 11.7. The molecule has 0 aromatic rings. The van der Waals surface area contributed by atoms with Crippen LogP contribution in [-0.2, 0) is 28.7 Å². The van der Waals surface area contributed by atoms with E-state index in [1.807, 2.05) is 0 Å². The summed E-state index contributed by atoms with van der Waals surface area (Å²) >= 11 is 0. The summed E-state index contributed by atoms with van der Waals surface area (Å²) in [5, 5.41) is 0. The second-order valence-corrected chi connectivity index (χ2v) is 5.11. The zero-order chi connectivity index (χ0) is 12.6. The van der Waals surface area contributed by atoms with E-state index >= 15 is 0 Å². The van der Waals surface area contributed by atoms with Crippen LogP contribution in [0.3, 0.4) is 0 Å². The zero-order valence-electron chi connectivity index (χ0n) is 9.17. The van der Waals surface area contributed by atoms with Crippen molar-refractivity contribution in [3.63, 3.8) is 0 Å². The predicted octanol–water partition coefficient (Wildman–Crippen LogP) is -0.278. The minimum Gasteiger partial charge on any atom is -0.392 e. The van der Waals surface area contributed by atoms with Crippen molar-refractivity contribution < 1.29 is 28.7 Å². The van der Waals surface area contributed by atoms with E-state index in [9.17, 15) is 19.2 Å². The molecule has 4 atom stereocenters. The number of cyclic esters (lactones) is 4. The van der Waals surface area contributed by atoms with Crippen molar-refractivity contribution in [1.29, 1.82) is 0 Å². The Balaban J connectivity index is 1.92. The van der Waals surface area contributed by atoms with Gasteiger partial charge in [0, 0.05) is 11.5 Å². The van der Waals surface area contributed by atoms with Gasteiger partial charge in [-0.15, -0.1) is 0 Å². The van der Waals surface area contributed by atoms with E-state index in [1.165, 1.54) is 0 Å². The van der Waals surface area contributed by atoms with Crippen LogP contribution in [0, 0.1) is 23.7 Å². The molecule has 4 aliphatic rings. The third kappa shape index (κ3) is 0.950. The van der Waals surface area contributed by atoms with Crippen molar-refractivity contribution in [2.24, 2.45) is 23.7 Å². The summed E-state index contributed by atoms with van der Waals surface area (Å²) in [6.45, 7) is 0. The van der Waals surface area contributed by atoms with Crippen molar-refractivity contribution >= 4 is 23.9 Å². The number of esters is 4. The van der Waals surface area contributed by atoms with Crippen LogP contribution in [-0.4, -0.2) is 23.9 Å². The Kier molecular flexibility index (Phi) is 1.60. The molecule has 0 aromatic heterocycles. The fourth-order valence-electron chi connectivity index (χ4n) is 3.72. The molecule has 2 heterocycles. The van der Waals surface area contributed by atoms with Gasteiger partial charge in [-0.05, 0) is 18.4 Å². The zero-order valence-corrected chi connectivity index (χ0v) is 9.17. The average molecular weight is 248 g/mol. The molecule has 2 aliphatic heterocycles. The molecule has 0 amide bonds. The molecule has 6 heteroatoms. The SMILES string of the molecule is O=C1OC(=O)C2CC1=C1C3CC(C(=O)OC3=O)C12. The summed E-state index contributed by atoms with van der Waals surface area (Å²) < 4.78 is 9.32. The highest BCUT2D eigenvalue weighted by molar-refractivity contribution is 6.06. The molecule has 92 valence electrons. The van der Waals surface area contributed by atoms with Crippen molar-refractivity contribution in [2.45, 2.75) is 12.8 Å². The Morgan fingerprint density at radius 2 is 1.61 bits per heavy atom. The van der Waals surface area contributed by atoms with Gasteiger partial charge in [-0.2, -0.15) is 0 Å². The molecule has 0 aromatic carbocycles. The number of carbonyl (C=O) groups excluding carboxylic acids is 4. The lowest BCUT2D eigenvalue weighted by Gasteiger charge is -2.24. The van der Waals surface area contributed by atoms with Crippen LogP contribution in [0.25, 0.3) is 0 Å². The number of hydrogen-bond acceptors (Lipinski definition) is 6. The second-order valence-electron chi connectivity index (χ2n) is 5.11. The first-order valence-corrected chi connectivity index (χ1v) is 5.82. The predicted molar refractivity (Wildman–Crippen MR) is 52.4 cm³/mol. The van der Waals surface area contributed by atoms with Gasteiger partial charge in [0.05, 0.1) is 17.8 Å². The largest absolute Gasteiger partial charge is 0.392 e. The topological polar surface area (TPSA) is 86.7 Å². The van der Waals surface area contributed by atoms with Crippen molar-refractivity contribution in [3.05, 3.63) is 11.1 Å². The molecule has 2 saturated heterocycles. The fraction of sp³-hybridized carbons (Fsp3) is 0.500. The molecule has 0 radical (unpaired) electrons. The normalized spacial score (nSPS) is 40.9. The Morgan fingerprint density at radius 3 is 2.39 bits per heavy atom. The van der Waals surface area contributed by atoms with Gasteiger partial charge in [0.15, 0.2) is 0 Å². The summed E-state index contributed by atoms with van der Waals surface area (Å²) in [6.07, 6.45) is 0.656. The van der Waals surface area contributed by atoms with Crippen LogP contribution in [0.4, 0.5) is 0 Å². The molecule has 1 saturated carbocycles. The van der Waals surface area contributed by atoms with Crippen molar-refractivity contribution in [1.82, 2.24) is 0 Å². The smallest absolute Gasteiger partial charge is 0.341 e. The van der Waals surface area contributed by atoms with Gasteiger partial charge in [0.25, 0.3) is 0 Å². The van der Waals surface area contributed by atoms with Crippen LogP contribution in [0.15, 0.2) is 11.1 Å². The van der Waals surface area contributed by atoms with E-state index in [1.54, 1.807) is 0 Å². The molecule has 4 unspecified atom stereocenters. The number of rotatable bonds is 0. The van der Waals surface area contributed by atoms with Gasteiger partial charge in [-0.3, -0.25) is 14.4 Å². The lowest BCUT2D eigenvalue weighted by molar-refractivity contribution is -0.169. The molecule has 18 heavy (non-hydrogen) atoms. The Morgan fingerprint density at radius 1 is 0.889 bits per heavy atom. The Hall–Kier alpha value is -1.98. The molecule has 0 spiro atoms. The molecule has 3 fully saturated rings. The van der Waals surface area contributed by atoms with Crippen LogP contribution < -0.4 is 0 Å². The quantitative estimate of drug-likeness (QED) is 0.433. The first-order chi connectivity index (χ1) is 8.58. The van der Waals surface area contributed by atoms with E-state index in [0.717, 1.165) is 0 Å². The molecular formula is C12H8O6. The standard InChI is InChI=1S/C12H8O6/c13-9-3-1-4(10(14)17-9)8-6-2-5(7(3)8)11(15)18-12(6)16/h3-5,7H,1-2H2. The van der Waals surface area contributed by atoms with Gasteiger partial charge in [-0.1, -0.05) is 0 Å². The molecule has 6 nitrogen and oxygen atoms in total. The fourth-order valence-corrected chi connectivity index (χ4v) is 3.72. The maximum atomic E-state index is 11.7. The second kappa shape index (κ2) is 2.88. The van der Waals surface area contributed by atoms with Crippen molar-refractivity contribution in [2.75, 3.05) is 0 Å². The van der Waals surface area contributed by atoms with Crippen LogP contribution in [0.2, 0.25) is 0 Å². The minimum atomic E-state index is -0.665. The summed E-state index contributed by atoms with van der Waals surface area (Å²) in [5.74, 6) is -4.33. The highest BCUT2D eigenvalue weighted by atomic mass is 16.6. The van der Waals surface area contributed by atoms with E-state index in [2.05, 4.69) is 9.47 Å². The molecule has 4 bridgehead atoms. The highest BCUT2D eigenvalue weighted by Gasteiger charge is 2.62. The molecule has 4 rings (SSSR count). The first-order valence-electron chi connectivity index (χ1n) is 5.82. The molecular weight excluding hydrogens is 240 g/mol. The Bertz CT molecular complexity index is 571. The summed E-state index contributed by atoms with van der Waals surface area (Å²) in [6, 6.07) is 0. The summed E-state index contributed by atoms with van der Waals surface area (Å²) in [7, 11) is 0. The van der Waals surface area contributed by atoms with Crippen molar-refractivity contribution in [3.8, 4) is 0 Å². The van der Waals surface area contributed by atoms with E-state index in [0.29, 0.717) is 24.0 Å². The van der Waals surface area contributed by atoms with Crippen LogP contribution >= 0.6 is 0 Å². The Labute approximate surface area is 101 Å². The third-order valence-electron chi connectivity index (χ3n) is 4.39. The van der Waals surface area contributed by atoms with Gasteiger partial charge >= 0.3 is 23.9 Å². The third-order valence-corrected chi connectivity index (χ3v) is 4.39. The van der Waals surface area contributed by atoms with E-state index in [-0.39, 0.29) is 5.92 Å². The monoisotopic (exact) mass is 248 g/mol. The van der Waals surface area contributed by atoms with Crippen LogP contribution in [0.5, 0.6) is 0 Å². The minimum absolute atomic E-state index is 0.297. The first kappa shape index (κ1) is 9.99. The lowest BCUT2D eigenvalue weighted by atomic mass is 9.84. The highest BCUT2D eigenvalue weighted by Crippen LogP contribution is 2.57. The molecule has 0 N–H and O–H groups in total. The van der Waals surface area contributed by atoms with Gasteiger partial charge in [-0.25, -0.2) is 4.79 Å². The average Bonchev–Trinajstić information content (AvgIpc) is 2.79. The van der Waals surface area contributed by atoms with E-state index < -0.39 is 41.6 Å². The summed E-state index contributed by atoms with van der Waals surface area (Å²) in [4.78, 5) is 46.7. The van der Waals surface area contributed by atoms with E-state index in [4.69, 9.17) is 0 Å². The maximum Gasteiger partial charge on any atom is 0.341 e. The summed E-state index contributed by atoms with van der Waals surface area (Å²) in [5.41, 5.74) is 1.03. The van der Waals surface area contributed by atoms with Gasteiger partial charge < -0.3 is 9.47 Å². The number of ether oxygens (including phenoxy) is 2. The number of hydrogen-bond donors (Lipinski definition) is 0. The van der Waals surface area contributed by atoms with Gasteiger partial charge in [0.1, 0.15) is 0 Å². The number of fused-ring (bicyclic) bond motifs is 8. The van der Waals surface area contributed by atoms with Crippen LogP contribution in [0.1, 0.15) is 12.8 Å². The molecule has 2 aliphatic carbocycles. The lowest BCUT2D eigenvalue weighted by Crippen LogP contribution is -2.36. The number of carbonyl (C=O) groups is 4.